The molecule has 0 radical (unpaired) electrons. The number of anilines is 1. The molecule has 1 unspecified atom stereocenters. The van der Waals surface area contributed by atoms with Crippen molar-refractivity contribution in [2.24, 2.45) is 0 Å². The van der Waals surface area contributed by atoms with Crippen molar-refractivity contribution in [2.45, 2.75) is 18.9 Å². The van der Waals surface area contributed by atoms with Crippen molar-refractivity contribution in [1.82, 2.24) is 4.90 Å². The van der Waals surface area contributed by atoms with Gasteiger partial charge in [0.1, 0.15) is 0 Å². The van der Waals surface area contributed by atoms with Gasteiger partial charge in [0.05, 0.1) is 11.1 Å². The van der Waals surface area contributed by atoms with Crippen molar-refractivity contribution >= 4 is 22.4 Å². The zero-order valence-corrected chi connectivity index (χ0v) is 10.1. The predicted molar refractivity (Wildman–Crippen MR) is 64.9 cm³/mol. The average molecular weight is 240 g/mol. The van der Waals surface area contributed by atoms with Crippen LogP contribution in [0.4, 0.5) is 9.80 Å². The number of carbonyl (C=O) groups excluding carboxylic acids is 1. The molecular formula is C11H16N2O2S. The van der Waals surface area contributed by atoms with Crippen LogP contribution >= 0.6 is 11.3 Å². The van der Waals surface area contributed by atoms with Crippen LogP contribution in [0.5, 0.6) is 0 Å². The Morgan fingerprint density at radius 1 is 1.69 bits per heavy atom. The molecule has 0 saturated carbocycles. The number of nitrogens with one attached hydrogen (secondary N) is 1. The highest BCUT2D eigenvalue weighted by atomic mass is 32.1. The van der Waals surface area contributed by atoms with Gasteiger partial charge in [0.25, 0.3) is 0 Å². The van der Waals surface area contributed by atoms with Crippen LogP contribution in [0.2, 0.25) is 0 Å². The summed E-state index contributed by atoms with van der Waals surface area (Å²) in [5.74, 6) is 0. The van der Waals surface area contributed by atoms with E-state index in [0.717, 1.165) is 24.4 Å². The SMILES string of the molecule is COC1CCCN(C(=O)Nc2cccs2)C1. The van der Waals surface area contributed by atoms with Gasteiger partial charge in [-0.05, 0) is 30.4 Å². The lowest BCUT2D eigenvalue weighted by molar-refractivity contribution is 0.0458. The number of likely N-dealkylation sites (tertiary alicyclic amines) is 1. The van der Waals surface area contributed by atoms with Crippen molar-refractivity contribution in [1.29, 1.82) is 0 Å². The third-order valence-electron chi connectivity index (χ3n) is 2.75. The monoisotopic (exact) mass is 240 g/mol. The first-order valence-corrected chi connectivity index (χ1v) is 6.30. The second-order valence-electron chi connectivity index (χ2n) is 3.85. The summed E-state index contributed by atoms with van der Waals surface area (Å²) in [7, 11) is 1.70. The Labute approximate surface area is 99.2 Å². The second-order valence-corrected chi connectivity index (χ2v) is 4.80. The zero-order chi connectivity index (χ0) is 11.4. The summed E-state index contributed by atoms with van der Waals surface area (Å²) >= 11 is 1.53. The number of amides is 2. The van der Waals surface area contributed by atoms with E-state index in [1.807, 2.05) is 22.4 Å². The Kier molecular flexibility index (Phi) is 3.79. The van der Waals surface area contributed by atoms with Gasteiger partial charge in [0.2, 0.25) is 0 Å². The Balaban J connectivity index is 1.89. The molecule has 2 rings (SSSR count). The molecule has 2 heterocycles. The molecule has 0 aliphatic carbocycles. The molecule has 4 nitrogen and oxygen atoms in total. The first-order chi connectivity index (χ1) is 7.79. The van der Waals surface area contributed by atoms with E-state index in [1.165, 1.54) is 11.3 Å². The van der Waals surface area contributed by atoms with E-state index in [9.17, 15) is 4.79 Å². The summed E-state index contributed by atoms with van der Waals surface area (Å²) in [5, 5.41) is 5.73. The number of urea groups is 1. The molecule has 1 fully saturated rings. The number of thiophene rings is 1. The van der Waals surface area contributed by atoms with Crippen LogP contribution in [0, 0.1) is 0 Å². The highest BCUT2D eigenvalue weighted by Crippen LogP contribution is 2.18. The number of piperidine rings is 1. The maximum atomic E-state index is 11.9. The lowest BCUT2D eigenvalue weighted by atomic mass is 10.1. The molecule has 88 valence electrons. The molecule has 1 aromatic heterocycles. The number of ether oxygens (including phenoxy) is 1. The maximum absolute atomic E-state index is 11.9. The smallest absolute Gasteiger partial charge is 0.322 e. The highest BCUT2D eigenvalue weighted by Gasteiger charge is 2.23. The lowest BCUT2D eigenvalue weighted by Gasteiger charge is -2.31. The molecule has 1 atom stereocenters. The van der Waals surface area contributed by atoms with E-state index in [1.54, 1.807) is 7.11 Å². The molecule has 5 heteroatoms. The summed E-state index contributed by atoms with van der Waals surface area (Å²) in [4.78, 5) is 13.7. The summed E-state index contributed by atoms with van der Waals surface area (Å²) in [6.45, 7) is 1.50. The first kappa shape index (κ1) is 11.4. The van der Waals surface area contributed by atoms with Crippen LogP contribution in [0.1, 0.15) is 12.8 Å². The Hall–Kier alpha value is -1.07. The van der Waals surface area contributed by atoms with Gasteiger partial charge < -0.3 is 9.64 Å². The largest absolute Gasteiger partial charge is 0.380 e. The fourth-order valence-corrected chi connectivity index (χ4v) is 2.46. The van der Waals surface area contributed by atoms with Crippen molar-refractivity contribution < 1.29 is 9.53 Å². The van der Waals surface area contributed by atoms with Crippen LogP contribution in [0.25, 0.3) is 0 Å². The van der Waals surface area contributed by atoms with Gasteiger partial charge >= 0.3 is 6.03 Å². The molecular weight excluding hydrogens is 224 g/mol. The third kappa shape index (κ3) is 2.74. The van der Waals surface area contributed by atoms with Gasteiger partial charge in [-0.15, -0.1) is 11.3 Å². The van der Waals surface area contributed by atoms with Gasteiger partial charge in [-0.1, -0.05) is 0 Å². The minimum absolute atomic E-state index is 0.0239. The molecule has 2 amide bonds. The van der Waals surface area contributed by atoms with Crippen LogP contribution in [-0.2, 0) is 4.74 Å². The summed E-state index contributed by atoms with van der Waals surface area (Å²) in [6, 6.07) is 3.80. The van der Waals surface area contributed by atoms with E-state index in [0.29, 0.717) is 6.54 Å². The molecule has 1 N–H and O–H groups in total. The topological polar surface area (TPSA) is 41.6 Å². The number of hydrogen-bond donors (Lipinski definition) is 1. The molecule has 1 aromatic rings. The molecule has 1 saturated heterocycles. The van der Waals surface area contributed by atoms with Gasteiger partial charge in [0.15, 0.2) is 0 Å². The normalized spacial score (nSPS) is 20.8. The van der Waals surface area contributed by atoms with Crippen LogP contribution in [0.15, 0.2) is 17.5 Å². The molecule has 0 bridgehead atoms. The highest BCUT2D eigenvalue weighted by molar-refractivity contribution is 7.14. The summed E-state index contributed by atoms with van der Waals surface area (Å²) < 4.78 is 5.29. The Morgan fingerprint density at radius 2 is 2.56 bits per heavy atom. The van der Waals surface area contributed by atoms with E-state index >= 15 is 0 Å². The number of carbonyl (C=O) groups is 1. The quantitative estimate of drug-likeness (QED) is 0.862. The Morgan fingerprint density at radius 3 is 3.25 bits per heavy atom. The number of rotatable bonds is 2. The molecule has 0 aromatic carbocycles. The van der Waals surface area contributed by atoms with Crippen molar-refractivity contribution in [3.05, 3.63) is 17.5 Å². The van der Waals surface area contributed by atoms with Gasteiger partial charge in [-0.2, -0.15) is 0 Å². The minimum atomic E-state index is -0.0239. The van der Waals surface area contributed by atoms with Crippen LogP contribution in [0.3, 0.4) is 0 Å². The lowest BCUT2D eigenvalue weighted by Crippen LogP contribution is -2.44. The van der Waals surface area contributed by atoms with Crippen molar-refractivity contribution in [2.75, 3.05) is 25.5 Å². The molecule has 16 heavy (non-hydrogen) atoms. The number of hydrogen-bond acceptors (Lipinski definition) is 3. The molecule has 1 aliphatic rings. The number of methoxy groups -OCH3 is 1. The zero-order valence-electron chi connectivity index (χ0n) is 9.31. The first-order valence-electron chi connectivity index (χ1n) is 5.42. The Bertz CT molecular complexity index is 340. The van der Waals surface area contributed by atoms with E-state index in [2.05, 4.69) is 5.32 Å². The van der Waals surface area contributed by atoms with Crippen molar-refractivity contribution in [3.63, 3.8) is 0 Å². The van der Waals surface area contributed by atoms with Crippen LogP contribution < -0.4 is 5.32 Å². The van der Waals surface area contributed by atoms with E-state index < -0.39 is 0 Å². The fraction of sp³-hybridized carbons (Fsp3) is 0.545. The van der Waals surface area contributed by atoms with Gasteiger partial charge in [-0.25, -0.2) is 4.79 Å². The minimum Gasteiger partial charge on any atom is -0.380 e. The molecule has 0 spiro atoms. The van der Waals surface area contributed by atoms with E-state index in [-0.39, 0.29) is 12.1 Å². The standard InChI is InChI=1S/C11H16N2O2S/c1-15-9-4-2-6-13(8-9)11(14)12-10-5-3-7-16-10/h3,5,7,9H,2,4,6,8H2,1H3,(H,12,14). The third-order valence-corrected chi connectivity index (χ3v) is 3.54. The van der Waals surface area contributed by atoms with E-state index in [4.69, 9.17) is 4.74 Å². The number of nitrogens with zero attached hydrogens (tertiary/aromatic N) is 1. The maximum Gasteiger partial charge on any atom is 0.322 e. The second kappa shape index (κ2) is 5.32. The fourth-order valence-electron chi connectivity index (χ4n) is 1.85. The summed E-state index contributed by atoms with van der Waals surface area (Å²) in [6.07, 6.45) is 2.23. The summed E-state index contributed by atoms with van der Waals surface area (Å²) in [5.41, 5.74) is 0. The predicted octanol–water partition coefficient (Wildman–Crippen LogP) is 2.39. The molecule has 1 aliphatic heterocycles. The van der Waals surface area contributed by atoms with Gasteiger partial charge in [0, 0.05) is 20.2 Å². The van der Waals surface area contributed by atoms with Crippen LogP contribution in [-0.4, -0.2) is 37.2 Å². The van der Waals surface area contributed by atoms with Gasteiger partial charge in [-0.3, -0.25) is 5.32 Å². The average Bonchev–Trinajstić information content (AvgIpc) is 2.82. The van der Waals surface area contributed by atoms with Crippen molar-refractivity contribution in [3.8, 4) is 0 Å².